The zero-order valence-electron chi connectivity index (χ0n) is 11.1. The fourth-order valence-electron chi connectivity index (χ4n) is 2.70. The largest absolute Gasteiger partial charge is 0.381 e. The van der Waals surface area contributed by atoms with Gasteiger partial charge in [-0.05, 0) is 37.4 Å². The van der Waals surface area contributed by atoms with E-state index >= 15 is 0 Å². The lowest BCUT2D eigenvalue weighted by Crippen LogP contribution is -2.45. The molecule has 0 radical (unpaired) electrons. The Bertz CT molecular complexity index is 338. The molecule has 4 heteroatoms. The van der Waals surface area contributed by atoms with Crippen LogP contribution >= 0.6 is 0 Å². The van der Waals surface area contributed by atoms with Crippen molar-refractivity contribution in [1.29, 1.82) is 0 Å². The molecule has 0 saturated carbocycles. The summed E-state index contributed by atoms with van der Waals surface area (Å²) in [6, 6.07) is 4.48. The monoisotopic (exact) mass is 249 g/mol. The van der Waals surface area contributed by atoms with Crippen molar-refractivity contribution >= 4 is 0 Å². The van der Waals surface area contributed by atoms with Crippen LogP contribution in [0.5, 0.6) is 0 Å². The number of aromatic nitrogens is 1. The van der Waals surface area contributed by atoms with Crippen molar-refractivity contribution in [2.24, 2.45) is 11.7 Å². The van der Waals surface area contributed by atoms with Gasteiger partial charge in [0.25, 0.3) is 0 Å². The van der Waals surface area contributed by atoms with Gasteiger partial charge < -0.3 is 10.5 Å². The maximum Gasteiger partial charge on any atom is 0.0509 e. The van der Waals surface area contributed by atoms with Gasteiger partial charge in [0.15, 0.2) is 0 Å². The second-order valence-electron chi connectivity index (χ2n) is 5.06. The zero-order chi connectivity index (χ0) is 12.8. The number of nitrogens with two attached hydrogens (primary N) is 1. The fraction of sp³-hybridized carbons (Fsp3) is 0.643. The minimum atomic E-state index is 0.394. The van der Waals surface area contributed by atoms with Crippen LogP contribution < -0.4 is 5.73 Å². The van der Waals surface area contributed by atoms with Gasteiger partial charge in [-0.25, -0.2) is 0 Å². The molecule has 100 valence electrons. The molecule has 1 aromatic rings. The minimum absolute atomic E-state index is 0.394. The Hall–Kier alpha value is -0.970. The Morgan fingerprint density at radius 1 is 1.61 bits per heavy atom. The first kappa shape index (κ1) is 13.5. The highest BCUT2D eigenvalue weighted by Gasteiger charge is 2.26. The third kappa shape index (κ3) is 3.51. The smallest absolute Gasteiger partial charge is 0.0509 e. The zero-order valence-corrected chi connectivity index (χ0v) is 11.1. The molecule has 0 amide bonds. The number of pyridine rings is 1. The van der Waals surface area contributed by atoms with E-state index in [0.29, 0.717) is 18.5 Å². The molecule has 0 bridgehead atoms. The molecular formula is C14H23N3O. The molecule has 2 atom stereocenters. The highest BCUT2D eigenvalue weighted by Crippen LogP contribution is 2.21. The third-order valence-corrected chi connectivity index (χ3v) is 3.70. The minimum Gasteiger partial charge on any atom is -0.381 e. The summed E-state index contributed by atoms with van der Waals surface area (Å²) < 4.78 is 5.57. The Kier molecular flexibility index (Phi) is 5.11. The van der Waals surface area contributed by atoms with Gasteiger partial charge in [-0.2, -0.15) is 0 Å². The van der Waals surface area contributed by atoms with Gasteiger partial charge in [-0.1, -0.05) is 6.07 Å². The lowest BCUT2D eigenvalue weighted by atomic mass is 9.92. The number of hydrogen-bond donors (Lipinski definition) is 1. The fourth-order valence-corrected chi connectivity index (χ4v) is 2.70. The van der Waals surface area contributed by atoms with Crippen LogP contribution in [0.25, 0.3) is 0 Å². The molecule has 0 spiro atoms. The van der Waals surface area contributed by atoms with Gasteiger partial charge in [0, 0.05) is 38.1 Å². The number of rotatable bonds is 5. The quantitative estimate of drug-likeness (QED) is 0.854. The molecule has 1 aliphatic rings. The lowest BCUT2D eigenvalue weighted by Gasteiger charge is -2.35. The van der Waals surface area contributed by atoms with Crippen LogP contribution in [0.4, 0.5) is 0 Å². The highest BCUT2D eigenvalue weighted by molar-refractivity contribution is 5.08. The van der Waals surface area contributed by atoms with E-state index in [1.54, 1.807) is 6.20 Å². The first-order chi connectivity index (χ1) is 8.81. The molecule has 2 N–H and O–H groups in total. The summed E-state index contributed by atoms with van der Waals surface area (Å²) in [5.41, 5.74) is 7.18. The number of nitrogens with zero attached hydrogens (tertiary/aromatic N) is 2. The van der Waals surface area contributed by atoms with E-state index in [0.717, 1.165) is 26.2 Å². The van der Waals surface area contributed by atoms with Crippen LogP contribution in [0.15, 0.2) is 24.5 Å². The average molecular weight is 249 g/mol. The Balaban J connectivity index is 1.94. The number of hydrogen-bond acceptors (Lipinski definition) is 4. The first-order valence-electron chi connectivity index (χ1n) is 6.68. The highest BCUT2D eigenvalue weighted by atomic mass is 16.5. The van der Waals surface area contributed by atoms with Gasteiger partial charge in [0.2, 0.25) is 0 Å². The van der Waals surface area contributed by atoms with Crippen molar-refractivity contribution in [3.8, 4) is 0 Å². The van der Waals surface area contributed by atoms with Gasteiger partial charge >= 0.3 is 0 Å². The second kappa shape index (κ2) is 6.83. The molecule has 4 nitrogen and oxygen atoms in total. The Labute approximate surface area is 109 Å². The van der Waals surface area contributed by atoms with Crippen LogP contribution in [0.2, 0.25) is 0 Å². The summed E-state index contributed by atoms with van der Waals surface area (Å²) in [5, 5.41) is 0. The van der Waals surface area contributed by atoms with Gasteiger partial charge in [-0.3, -0.25) is 9.88 Å². The van der Waals surface area contributed by atoms with Crippen LogP contribution in [0.3, 0.4) is 0 Å². The van der Waals surface area contributed by atoms with Crippen LogP contribution in [0.1, 0.15) is 18.4 Å². The third-order valence-electron chi connectivity index (χ3n) is 3.70. The van der Waals surface area contributed by atoms with E-state index in [4.69, 9.17) is 10.5 Å². The molecule has 0 aliphatic carbocycles. The maximum atomic E-state index is 5.95. The summed E-state index contributed by atoms with van der Waals surface area (Å²) >= 11 is 0. The molecular weight excluding hydrogens is 226 g/mol. The van der Waals surface area contributed by atoms with E-state index in [-0.39, 0.29) is 0 Å². The summed E-state index contributed by atoms with van der Waals surface area (Å²) in [7, 11) is 2.14. The Morgan fingerprint density at radius 3 is 3.11 bits per heavy atom. The first-order valence-corrected chi connectivity index (χ1v) is 6.68. The van der Waals surface area contributed by atoms with Crippen molar-refractivity contribution in [2.75, 3.05) is 26.8 Å². The molecule has 1 saturated heterocycles. The van der Waals surface area contributed by atoms with Crippen LogP contribution in [-0.4, -0.2) is 42.7 Å². The summed E-state index contributed by atoms with van der Waals surface area (Å²) in [5.74, 6) is 0.561. The van der Waals surface area contributed by atoms with Crippen LogP contribution in [-0.2, 0) is 11.3 Å². The van der Waals surface area contributed by atoms with Gasteiger partial charge in [0.1, 0.15) is 0 Å². The summed E-state index contributed by atoms with van der Waals surface area (Å²) in [4.78, 5) is 6.48. The summed E-state index contributed by atoms with van der Waals surface area (Å²) in [6.07, 6.45) is 6.10. The molecule has 2 heterocycles. The Morgan fingerprint density at radius 2 is 2.50 bits per heavy atom. The number of likely N-dealkylation sites (N-methyl/N-ethyl adjacent to an activating group) is 1. The molecule has 1 fully saturated rings. The van der Waals surface area contributed by atoms with E-state index in [9.17, 15) is 0 Å². The van der Waals surface area contributed by atoms with E-state index in [1.165, 1.54) is 12.0 Å². The van der Waals surface area contributed by atoms with Gasteiger partial charge in [0.05, 0.1) is 6.61 Å². The molecule has 2 unspecified atom stereocenters. The van der Waals surface area contributed by atoms with Crippen molar-refractivity contribution in [2.45, 2.75) is 25.4 Å². The predicted octanol–water partition coefficient (Wildman–Crippen LogP) is 1.27. The van der Waals surface area contributed by atoms with E-state index in [1.807, 2.05) is 12.3 Å². The van der Waals surface area contributed by atoms with Crippen molar-refractivity contribution in [1.82, 2.24) is 9.88 Å². The molecule has 0 aromatic carbocycles. The lowest BCUT2D eigenvalue weighted by molar-refractivity contribution is 0.0156. The maximum absolute atomic E-state index is 5.95. The SMILES string of the molecule is CN(Cc1cccnc1)C(CN)C1CCCOC1. The van der Waals surface area contributed by atoms with E-state index in [2.05, 4.69) is 23.0 Å². The van der Waals surface area contributed by atoms with Crippen LogP contribution in [0, 0.1) is 5.92 Å². The summed E-state index contributed by atoms with van der Waals surface area (Å²) in [6.45, 7) is 3.33. The number of ether oxygens (including phenoxy) is 1. The molecule has 18 heavy (non-hydrogen) atoms. The molecule has 1 aliphatic heterocycles. The van der Waals surface area contributed by atoms with Crippen molar-refractivity contribution in [3.05, 3.63) is 30.1 Å². The van der Waals surface area contributed by atoms with Crippen molar-refractivity contribution in [3.63, 3.8) is 0 Å². The molecule has 1 aromatic heterocycles. The van der Waals surface area contributed by atoms with Crippen molar-refractivity contribution < 1.29 is 4.74 Å². The average Bonchev–Trinajstić information content (AvgIpc) is 2.42. The normalized spacial score (nSPS) is 22.1. The van der Waals surface area contributed by atoms with E-state index < -0.39 is 0 Å². The molecule has 2 rings (SSSR count). The predicted molar refractivity (Wildman–Crippen MR) is 72.1 cm³/mol. The van der Waals surface area contributed by atoms with Gasteiger partial charge in [-0.15, -0.1) is 0 Å². The second-order valence-corrected chi connectivity index (χ2v) is 5.06. The standard InChI is InChI=1S/C14H23N3O/c1-17(10-12-4-2-6-16-9-12)14(8-15)13-5-3-7-18-11-13/h2,4,6,9,13-14H,3,5,7-8,10-11,15H2,1H3. The topological polar surface area (TPSA) is 51.4 Å².